The summed E-state index contributed by atoms with van der Waals surface area (Å²) in [5, 5.41) is 11.4. The van der Waals surface area contributed by atoms with Gasteiger partial charge in [0.05, 0.1) is 23.5 Å². The molecular weight excluding hydrogens is 223 g/mol. The van der Waals surface area contributed by atoms with Crippen molar-refractivity contribution in [2.45, 2.75) is 26.4 Å². The minimum atomic E-state index is -0.913. The van der Waals surface area contributed by atoms with Crippen LogP contribution in [0.5, 0.6) is 0 Å². The normalized spacial score (nSPS) is 14.8. The highest BCUT2D eigenvalue weighted by molar-refractivity contribution is 5.85. The highest BCUT2D eigenvalue weighted by Crippen LogP contribution is 2.38. The van der Waals surface area contributed by atoms with Gasteiger partial charge in [0, 0.05) is 0 Å². The van der Waals surface area contributed by atoms with Gasteiger partial charge in [-0.05, 0) is 32.4 Å². The van der Waals surface area contributed by atoms with Crippen molar-refractivity contribution in [3.8, 4) is 0 Å². The van der Waals surface area contributed by atoms with E-state index in [2.05, 4.69) is 11.0 Å². The van der Waals surface area contributed by atoms with E-state index in [-0.39, 0.29) is 5.69 Å². The number of hydrogen-bond donors (Lipinski definition) is 4. The maximum absolute atomic E-state index is 13.7. The highest BCUT2D eigenvalue weighted by Gasteiger charge is 2.28. The Kier molecular flexibility index (Phi) is 2.63. The zero-order valence-electron chi connectivity index (χ0n) is 10.1. The van der Waals surface area contributed by atoms with E-state index >= 15 is 0 Å². The predicted molar refractivity (Wildman–Crippen MR) is 66.0 cm³/mol. The minimum Gasteiger partial charge on any atom is -0.395 e. The van der Waals surface area contributed by atoms with Crippen LogP contribution in [0.4, 0.5) is 21.5 Å². The molecule has 1 aromatic carbocycles. The number of nitrogens with zero attached hydrogens (tertiary/aromatic N) is 1. The van der Waals surface area contributed by atoms with Gasteiger partial charge in [-0.15, -0.1) is 5.53 Å². The second kappa shape index (κ2) is 3.75. The van der Waals surface area contributed by atoms with Crippen LogP contribution < -0.4 is 21.7 Å². The molecule has 0 fully saturated rings. The molecule has 0 atom stereocenters. The second-order valence-corrected chi connectivity index (χ2v) is 4.95. The summed E-state index contributed by atoms with van der Waals surface area (Å²) >= 11 is 0. The number of anilines is 3. The molecule has 0 bridgehead atoms. The predicted octanol–water partition coefficient (Wildman–Crippen LogP) is 1.14. The number of hydrogen-bond acceptors (Lipinski definition) is 5. The Morgan fingerprint density at radius 2 is 2.18 bits per heavy atom. The van der Waals surface area contributed by atoms with E-state index in [1.54, 1.807) is 31.8 Å². The quantitative estimate of drug-likeness (QED) is 0.583. The molecule has 5 N–H and O–H groups in total. The lowest BCUT2D eigenvalue weighted by Gasteiger charge is -2.26. The van der Waals surface area contributed by atoms with Crippen LogP contribution in [0.3, 0.4) is 0 Å². The van der Waals surface area contributed by atoms with Crippen LogP contribution in [0.2, 0.25) is 0 Å². The highest BCUT2D eigenvalue weighted by atomic mass is 19.1. The summed E-state index contributed by atoms with van der Waals surface area (Å²) in [5.41, 5.74) is 12.4. The Bertz CT molecular complexity index is 456. The third kappa shape index (κ3) is 2.13. The molecule has 2 rings (SSSR count). The van der Waals surface area contributed by atoms with Crippen LogP contribution in [-0.4, -0.2) is 17.3 Å². The van der Waals surface area contributed by atoms with Crippen molar-refractivity contribution in [1.82, 2.24) is 5.53 Å². The number of aryl methyl sites for hydroxylation is 1. The fraction of sp³-hybridized carbons (Fsp3) is 0.455. The number of nitrogens with two attached hydrogens (primary N) is 1. The van der Waals surface area contributed by atoms with E-state index in [9.17, 15) is 9.50 Å². The molecule has 1 aliphatic rings. The molecule has 1 aliphatic heterocycles. The summed E-state index contributed by atoms with van der Waals surface area (Å²) in [6.07, 6.45) is 0. The van der Waals surface area contributed by atoms with Gasteiger partial charge in [0.2, 0.25) is 0 Å². The van der Waals surface area contributed by atoms with E-state index in [0.29, 0.717) is 23.5 Å². The second-order valence-electron chi connectivity index (χ2n) is 4.95. The number of β-amino-alcohol motifs (C(OH)–C–C–N with tert-alkyl or cyclic N) is 1. The average Bonchev–Trinajstić information content (AvgIpc) is 2.55. The minimum absolute atomic E-state index is 0.0850. The first-order valence-corrected chi connectivity index (χ1v) is 5.40. The number of benzene rings is 1. The molecule has 0 aliphatic carbocycles. The molecule has 5 nitrogen and oxygen atoms in total. The molecule has 0 saturated carbocycles. The monoisotopic (exact) mass is 240 g/mol. The molecule has 0 unspecified atom stereocenters. The van der Waals surface area contributed by atoms with Crippen molar-refractivity contribution in [2.75, 3.05) is 22.7 Å². The summed E-state index contributed by atoms with van der Waals surface area (Å²) in [6, 6.07) is 1.68. The van der Waals surface area contributed by atoms with Crippen molar-refractivity contribution < 1.29 is 9.50 Å². The Balaban J connectivity index is 2.41. The number of fused-ring (bicyclic) bond motifs is 1. The molecule has 0 amide bonds. The molecule has 0 aromatic heterocycles. The van der Waals surface area contributed by atoms with E-state index < -0.39 is 11.4 Å². The summed E-state index contributed by atoms with van der Waals surface area (Å²) in [4.78, 5) is 0. The van der Waals surface area contributed by atoms with E-state index in [1.807, 2.05) is 0 Å². The molecule has 0 radical (unpaired) electrons. The van der Waals surface area contributed by atoms with Crippen molar-refractivity contribution in [3.63, 3.8) is 0 Å². The summed E-state index contributed by atoms with van der Waals surface area (Å²) < 4.78 is 13.7. The zero-order valence-corrected chi connectivity index (χ0v) is 10.1. The van der Waals surface area contributed by atoms with Crippen molar-refractivity contribution >= 4 is 17.1 Å². The summed E-state index contributed by atoms with van der Waals surface area (Å²) in [6.45, 7) is 5.30. The Morgan fingerprint density at radius 3 is 2.76 bits per heavy atom. The summed E-state index contributed by atoms with van der Waals surface area (Å²) in [5.74, 6) is -0.421. The summed E-state index contributed by atoms with van der Waals surface area (Å²) in [7, 11) is 0. The largest absolute Gasteiger partial charge is 0.395 e. The van der Waals surface area contributed by atoms with Crippen LogP contribution in [0, 0.1) is 12.7 Å². The zero-order chi connectivity index (χ0) is 12.8. The SMILES string of the molecule is Cc1cc2c(c(N)c1F)N(CC(C)(C)O)NN2. The smallest absolute Gasteiger partial charge is 0.151 e. The molecule has 94 valence electrons. The Hall–Kier alpha value is -1.53. The topological polar surface area (TPSA) is 73.5 Å². The number of aliphatic hydroxyl groups is 1. The standard InChI is InChI=1S/C11H17FN4O/c1-6-4-7-10(9(13)8(6)12)16(15-14-7)5-11(2,3)17/h4,14-15,17H,5,13H2,1-3H3. The van der Waals surface area contributed by atoms with Gasteiger partial charge >= 0.3 is 0 Å². The van der Waals surface area contributed by atoms with Gasteiger partial charge in [-0.25, -0.2) is 4.39 Å². The van der Waals surface area contributed by atoms with Gasteiger partial charge in [-0.3, -0.25) is 5.01 Å². The van der Waals surface area contributed by atoms with Gasteiger partial charge in [-0.2, -0.15) is 0 Å². The third-order valence-electron chi connectivity index (χ3n) is 2.59. The number of rotatable bonds is 2. The van der Waals surface area contributed by atoms with Crippen molar-refractivity contribution in [2.24, 2.45) is 0 Å². The lowest BCUT2D eigenvalue weighted by molar-refractivity contribution is 0.0858. The van der Waals surface area contributed by atoms with Crippen LogP contribution >= 0.6 is 0 Å². The van der Waals surface area contributed by atoms with Crippen molar-refractivity contribution in [1.29, 1.82) is 0 Å². The van der Waals surface area contributed by atoms with Gasteiger partial charge < -0.3 is 16.3 Å². The van der Waals surface area contributed by atoms with Gasteiger partial charge in [-0.1, -0.05) is 0 Å². The molecule has 0 spiro atoms. The molecule has 6 heteroatoms. The Morgan fingerprint density at radius 1 is 1.53 bits per heavy atom. The van der Waals surface area contributed by atoms with Crippen molar-refractivity contribution in [3.05, 3.63) is 17.4 Å². The molecule has 1 heterocycles. The van der Waals surface area contributed by atoms with Crippen LogP contribution in [0.1, 0.15) is 19.4 Å². The fourth-order valence-corrected chi connectivity index (χ4v) is 1.88. The average molecular weight is 240 g/mol. The fourth-order valence-electron chi connectivity index (χ4n) is 1.88. The van der Waals surface area contributed by atoms with Crippen LogP contribution in [0.15, 0.2) is 6.07 Å². The first-order chi connectivity index (χ1) is 7.79. The first kappa shape index (κ1) is 11.9. The lowest BCUT2D eigenvalue weighted by Crippen LogP contribution is -2.45. The van der Waals surface area contributed by atoms with E-state index in [4.69, 9.17) is 5.73 Å². The van der Waals surface area contributed by atoms with Gasteiger partial charge in [0.25, 0.3) is 0 Å². The molecular formula is C11H17FN4O. The number of nitrogens with one attached hydrogen (secondary N) is 2. The third-order valence-corrected chi connectivity index (χ3v) is 2.59. The number of hydrazine groups is 2. The Labute approximate surface area is 99.3 Å². The van der Waals surface area contributed by atoms with Crippen LogP contribution in [0.25, 0.3) is 0 Å². The molecule has 1 aromatic rings. The first-order valence-electron chi connectivity index (χ1n) is 5.40. The van der Waals surface area contributed by atoms with E-state index in [1.165, 1.54) is 0 Å². The molecule has 0 saturated heterocycles. The van der Waals surface area contributed by atoms with Crippen LogP contribution in [-0.2, 0) is 0 Å². The lowest BCUT2D eigenvalue weighted by atomic mass is 10.1. The van der Waals surface area contributed by atoms with Gasteiger partial charge in [0.15, 0.2) is 5.82 Å². The molecule has 17 heavy (non-hydrogen) atoms. The number of nitrogen functional groups attached to an aromatic ring is 1. The maximum Gasteiger partial charge on any atom is 0.151 e. The van der Waals surface area contributed by atoms with E-state index in [0.717, 1.165) is 0 Å². The maximum atomic E-state index is 13.7. The number of halogens is 1. The van der Waals surface area contributed by atoms with Gasteiger partial charge in [0.1, 0.15) is 5.69 Å².